The van der Waals surface area contributed by atoms with Gasteiger partial charge in [-0.25, -0.2) is 0 Å². The number of aliphatic hydroxyl groups excluding tert-OH is 1. The second kappa shape index (κ2) is 5.17. The summed E-state index contributed by atoms with van der Waals surface area (Å²) in [6.45, 7) is 0. The van der Waals surface area contributed by atoms with E-state index in [1.807, 2.05) is 42.5 Å². The highest BCUT2D eigenvalue weighted by atomic mass is 16.5. The third-order valence-corrected chi connectivity index (χ3v) is 1.58. The van der Waals surface area contributed by atoms with Gasteiger partial charge in [-0.2, -0.15) is 0 Å². The quantitative estimate of drug-likeness (QED) is 0.656. The average molecular weight is 176 g/mol. The van der Waals surface area contributed by atoms with Gasteiger partial charge in [0.15, 0.2) is 0 Å². The van der Waals surface area contributed by atoms with Gasteiger partial charge in [-0.1, -0.05) is 30.4 Å². The third kappa shape index (κ3) is 2.46. The molecule has 0 saturated carbocycles. The molecule has 0 unspecified atom stereocenters. The highest BCUT2D eigenvalue weighted by Gasteiger charge is 1.97. The predicted molar refractivity (Wildman–Crippen MR) is 53.4 cm³/mol. The molecule has 13 heavy (non-hydrogen) atoms. The zero-order valence-corrected chi connectivity index (χ0v) is 7.47. The van der Waals surface area contributed by atoms with Crippen LogP contribution < -0.4 is 4.74 Å². The van der Waals surface area contributed by atoms with Crippen molar-refractivity contribution < 1.29 is 9.84 Å². The number of allylic oxidation sites excluding steroid dienone is 2. The summed E-state index contributed by atoms with van der Waals surface area (Å²) in [5, 5.41) is 7.00. The zero-order chi connectivity index (χ0) is 9.52. The van der Waals surface area contributed by atoms with Crippen LogP contribution in [0.4, 0.5) is 0 Å². The fourth-order valence-electron chi connectivity index (χ4n) is 1.04. The summed E-state index contributed by atoms with van der Waals surface area (Å²) >= 11 is 0. The van der Waals surface area contributed by atoms with E-state index in [0.29, 0.717) is 0 Å². The number of hydrogen-bond acceptors (Lipinski definition) is 2. The minimum atomic E-state index is 0.914. The van der Waals surface area contributed by atoms with Crippen LogP contribution in [0.5, 0.6) is 5.75 Å². The van der Waals surface area contributed by atoms with Crippen LogP contribution in [-0.4, -0.2) is 12.2 Å². The monoisotopic (exact) mass is 176 g/mol. The van der Waals surface area contributed by atoms with Crippen LogP contribution in [-0.2, 0) is 0 Å². The van der Waals surface area contributed by atoms with Crippen molar-refractivity contribution >= 4 is 6.08 Å². The lowest BCUT2D eigenvalue weighted by Gasteiger charge is -2.00. The molecule has 1 aromatic carbocycles. The fourth-order valence-corrected chi connectivity index (χ4v) is 1.04. The lowest BCUT2D eigenvalue weighted by Crippen LogP contribution is -1.82. The molecule has 0 fully saturated rings. The summed E-state index contributed by atoms with van der Waals surface area (Å²) in [6.07, 6.45) is 7.55. The van der Waals surface area contributed by atoms with E-state index in [4.69, 9.17) is 9.84 Å². The molecule has 0 bridgehead atoms. The van der Waals surface area contributed by atoms with Gasteiger partial charge >= 0.3 is 0 Å². The molecule has 0 saturated heterocycles. The SMILES string of the molecule is C1=COc2ccccc2C=C1.CO. The molecule has 0 spiro atoms. The molecule has 0 atom stereocenters. The Kier molecular flexibility index (Phi) is 3.79. The Morgan fingerprint density at radius 1 is 1.08 bits per heavy atom. The molecule has 2 rings (SSSR count). The van der Waals surface area contributed by atoms with Crippen LogP contribution in [0.3, 0.4) is 0 Å². The topological polar surface area (TPSA) is 29.5 Å². The molecule has 1 aromatic rings. The summed E-state index contributed by atoms with van der Waals surface area (Å²) in [7, 11) is 1.00. The van der Waals surface area contributed by atoms with Crippen LogP contribution in [0.25, 0.3) is 6.08 Å². The first-order valence-electron chi connectivity index (χ1n) is 4.00. The van der Waals surface area contributed by atoms with Gasteiger partial charge in [0.2, 0.25) is 0 Å². The van der Waals surface area contributed by atoms with Gasteiger partial charge in [-0.15, -0.1) is 0 Å². The Morgan fingerprint density at radius 2 is 1.85 bits per heavy atom. The largest absolute Gasteiger partial charge is 0.464 e. The minimum Gasteiger partial charge on any atom is -0.464 e. The lowest BCUT2D eigenvalue weighted by molar-refractivity contribution is 0.399. The number of benzene rings is 1. The second-order valence-corrected chi connectivity index (χ2v) is 2.34. The lowest BCUT2D eigenvalue weighted by atomic mass is 10.2. The van der Waals surface area contributed by atoms with Crippen molar-refractivity contribution in [2.75, 3.05) is 7.11 Å². The van der Waals surface area contributed by atoms with Gasteiger partial charge in [-0.05, 0) is 12.1 Å². The van der Waals surface area contributed by atoms with E-state index in [2.05, 4.69) is 0 Å². The van der Waals surface area contributed by atoms with E-state index in [-0.39, 0.29) is 0 Å². The number of rotatable bonds is 0. The molecule has 0 amide bonds. The van der Waals surface area contributed by atoms with E-state index in [0.717, 1.165) is 18.4 Å². The van der Waals surface area contributed by atoms with Crippen molar-refractivity contribution in [3.63, 3.8) is 0 Å². The summed E-state index contributed by atoms with van der Waals surface area (Å²) in [5.41, 5.74) is 1.12. The molecule has 0 aliphatic carbocycles. The van der Waals surface area contributed by atoms with Gasteiger partial charge < -0.3 is 9.84 Å². The summed E-state index contributed by atoms with van der Waals surface area (Å²) in [6, 6.07) is 7.94. The maximum atomic E-state index is 7.00. The second-order valence-electron chi connectivity index (χ2n) is 2.34. The Balaban J connectivity index is 0.000000396. The normalized spacial score (nSPS) is 11.8. The van der Waals surface area contributed by atoms with Gasteiger partial charge in [0.25, 0.3) is 0 Å². The smallest absolute Gasteiger partial charge is 0.133 e. The molecular weight excluding hydrogens is 164 g/mol. The third-order valence-electron chi connectivity index (χ3n) is 1.58. The molecule has 0 aromatic heterocycles. The Labute approximate surface area is 77.8 Å². The molecule has 68 valence electrons. The van der Waals surface area contributed by atoms with Crippen LogP contribution in [0.15, 0.2) is 42.7 Å². The van der Waals surface area contributed by atoms with E-state index in [9.17, 15) is 0 Å². The predicted octanol–water partition coefficient (Wildman–Crippen LogP) is 2.21. The molecule has 1 N–H and O–H groups in total. The van der Waals surface area contributed by atoms with E-state index in [1.165, 1.54) is 0 Å². The first kappa shape index (κ1) is 9.55. The number of fused-ring (bicyclic) bond motifs is 1. The number of para-hydroxylation sites is 1. The number of hydrogen-bond donors (Lipinski definition) is 1. The fraction of sp³-hybridized carbons (Fsp3) is 0.0909. The highest BCUT2D eigenvalue weighted by Crippen LogP contribution is 2.21. The Morgan fingerprint density at radius 3 is 2.69 bits per heavy atom. The molecule has 1 heterocycles. The summed E-state index contributed by atoms with van der Waals surface area (Å²) in [4.78, 5) is 0. The van der Waals surface area contributed by atoms with E-state index < -0.39 is 0 Å². The van der Waals surface area contributed by atoms with Crippen molar-refractivity contribution in [3.8, 4) is 5.75 Å². The molecule has 2 nitrogen and oxygen atoms in total. The van der Waals surface area contributed by atoms with Crippen molar-refractivity contribution in [2.45, 2.75) is 0 Å². The summed E-state index contributed by atoms with van der Waals surface area (Å²) < 4.78 is 5.31. The maximum Gasteiger partial charge on any atom is 0.133 e. The van der Waals surface area contributed by atoms with Gasteiger partial charge in [-0.3, -0.25) is 0 Å². The maximum absolute atomic E-state index is 7.00. The van der Waals surface area contributed by atoms with Crippen LogP contribution in [0.2, 0.25) is 0 Å². The van der Waals surface area contributed by atoms with Gasteiger partial charge in [0.05, 0.1) is 6.26 Å². The first-order valence-corrected chi connectivity index (χ1v) is 4.00. The van der Waals surface area contributed by atoms with E-state index in [1.54, 1.807) is 6.26 Å². The van der Waals surface area contributed by atoms with Crippen molar-refractivity contribution in [1.29, 1.82) is 0 Å². The molecular formula is C11H12O2. The van der Waals surface area contributed by atoms with Crippen molar-refractivity contribution in [2.24, 2.45) is 0 Å². The average Bonchev–Trinajstić information content (AvgIpc) is 2.45. The zero-order valence-electron chi connectivity index (χ0n) is 7.47. The standard InChI is InChI=1S/C10H8O.CH4O/c1-2-7-10-9(5-1)6-3-4-8-11-10;1-2/h1-8H;2H,1H3. The van der Waals surface area contributed by atoms with Gasteiger partial charge in [0, 0.05) is 12.7 Å². The Hall–Kier alpha value is -1.54. The van der Waals surface area contributed by atoms with Crippen LogP contribution in [0, 0.1) is 0 Å². The molecule has 0 radical (unpaired) electrons. The van der Waals surface area contributed by atoms with Crippen LogP contribution >= 0.6 is 0 Å². The molecule has 1 aliphatic heterocycles. The first-order chi connectivity index (χ1) is 6.47. The van der Waals surface area contributed by atoms with Crippen molar-refractivity contribution in [1.82, 2.24) is 0 Å². The van der Waals surface area contributed by atoms with E-state index >= 15 is 0 Å². The van der Waals surface area contributed by atoms with Crippen LogP contribution in [0.1, 0.15) is 5.56 Å². The highest BCUT2D eigenvalue weighted by molar-refractivity contribution is 5.59. The number of ether oxygens (including phenoxy) is 1. The minimum absolute atomic E-state index is 0.914. The van der Waals surface area contributed by atoms with Crippen molar-refractivity contribution in [3.05, 3.63) is 48.2 Å². The number of aliphatic hydroxyl groups is 1. The molecule has 1 aliphatic rings. The van der Waals surface area contributed by atoms with Gasteiger partial charge in [0.1, 0.15) is 5.75 Å². The summed E-state index contributed by atoms with van der Waals surface area (Å²) in [5.74, 6) is 0.914. The Bertz CT molecular complexity index is 314. The molecule has 2 heteroatoms.